The highest BCUT2D eigenvalue weighted by Crippen LogP contribution is 2.41. The third-order valence-corrected chi connectivity index (χ3v) is 6.97. The lowest BCUT2D eigenvalue weighted by molar-refractivity contribution is -0.128. The van der Waals surface area contributed by atoms with Crippen LogP contribution in [0.5, 0.6) is 0 Å². The summed E-state index contributed by atoms with van der Waals surface area (Å²) in [7, 11) is -3.77. The molecule has 0 saturated carbocycles. The van der Waals surface area contributed by atoms with Crippen LogP contribution in [0.4, 0.5) is 0 Å². The molecule has 32 heavy (non-hydrogen) atoms. The van der Waals surface area contributed by atoms with Gasteiger partial charge in [0, 0.05) is 26.2 Å². The summed E-state index contributed by atoms with van der Waals surface area (Å²) in [5.41, 5.74) is 1.29. The van der Waals surface area contributed by atoms with Gasteiger partial charge in [-0.15, -0.1) is 12.4 Å². The zero-order valence-electron chi connectivity index (χ0n) is 18.3. The van der Waals surface area contributed by atoms with E-state index in [0.29, 0.717) is 25.5 Å². The maximum Gasteiger partial charge on any atom is 0.274 e. The predicted molar refractivity (Wildman–Crippen MR) is 118 cm³/mol. The zero-order valence-corrected chi connectivity index (χ0v) is 19.9. The lowest BCUT2D eigenvalue weighted by Crippen LogP contribution is -2.43. The molecule has 2 saturated heterocycles. The number of fused-ring (bicyclic) bond motifs is 1. The van der Waals surface area contributed by atoms with Gasteiger partial charge in [0.1, 0.15) is 5.69 Å². The number of ether oxygens (including phenoxy) is 1. The van der Waals surface area contributed by atoms with Gasteiger partial charge >= 0.3 is 0 Å². The summed E-state index contributed by atoms with van der Waals surface area (Å²) in [6.45, 7) is 7.60. The third kappa shape index (κ3) is 4.52. The number of amides is 2. The molecule has 1 aromatic rings. The van der Waals surface area contributed by atoms with Crippen molar-refractivity contribution >= 4 is 34.2 Å². The van der Waals surface area contributed by atoms with E-state index in [1.165, 1.54) is 11.1 Å². The molecule has 10 nitrogen and oxygen atoms in total. The summed E-state index contributed by atoms with van der Waals surface area (Å²) in [5, 5.41) is 0. The van der Waals surface area contributed by atoms with Gasteiger partial charge in [0.25, 0.3) is 5.91 Å². The summed E-state index contributed by atoms with van der Waals surface area (Å²) in [5.74, 6) is -1.61. The van der Waals surface area contributed by atoms with Crippen LogP contribution in [-0.2, 0) is 26.1 Å². The molecule has 12 heteroatoms. The van der Waals surface area contributed by atoms with Crippen LogP contribution in [0, 0.1) is 11.8 Å². The Balaban J connectivity index is 0.00000289. The molecule has 0 spiro atoms. The van der Waals surface area contributed by atoms with Gasteiger partial charge in [0.2, 0.25) is 15.9 Å². The number of aromatic nitrogens is 2. The van der Waals surface area contributed by atoms with Gasteiger partial charge in [0.15, 0.2) is 0 Å². The number of nitrogens with zero attached hydrogens (tertiary/aromatic N) is 5. The molecule has 3 aliphatic rings. The molecular formula is C20H28ClN5O5S. The van der Waals surface area contributed by atoms with Crippen molar-refractivity contribution in [3.05, 3.63) is 35.6 Å². The van der Waals surface area contributed by atoms with Crippen LogP contribution >= 0.6 is 12.4 Å². The van der Waals surface area contributed by atoms with Crippen molar-refractivity contribution in [1.82, 2.24) is 24.1 Å². The number of rotatable bonds is 5. The van der Waals surface area contributed by atoms with Crippen LogP contribution in [0.3, 0.4) is 0 Å². The molecule has 4 rings (SSSR count). The van der Waals surface area contributed by atoms with Crippen LogP contribution < -0.4 is 0 Å². The molecule has 2 fully saturated rings. The SMILES string of the molecule is CC(C)[C@H]1C(=O)N(S(C)(=O)=O)C2=CCN(C(=O)c3cnc(CN4CCOCC4)cn3)[C@@H]21.Cl. The van der Waals surface area contributed by atoms with Crippen LogP contribution in [0.15, 0.2) is 24.2 Å². The normalized spacial score (nSPS) is 23.9. The Hall–Kier alpha value is -2.08. The van der Waals surface area contributed by atoms with E-state index in [4.69, 9.17) is 4.74 Å². The van der Waals surface area contributed by atoms with Crippen molar-refractivity contribution in [2.45, 2.75) is 26.4 Å². The second-order valence-corrected chi connectivity index (χ2v) is 10.3. The highest BCUT2D eigenvalue weighted by Gasteiger charge is 2.54. The molecule has 4 heterocycles. The Bertz CT molecular complexity index is 1010. The fraction of sp³-hybridized carbons (Fsp3) is 0.600. The first-order chi connectivity index (χ1) is 14.7. The number of carbonyl (C=O) groups excluding carboxylic acids is 2. The van der Waals surface area contributed by atoms with Crippen molar-refractivity contribution in [1.29, 1.82) is 0 Å². The molecule has 0 aliphatic carbocycles. The smallest absolute Gasteiger partial charge is 0.274 e. The van der Waals surface area contributed by atoms with Crippen molar-refractivity contribution in [2.24, 2.45) is 11.8 Å². The van der Waals surface area contributed by atoms with Crippen LogP contribution in [0.1, 0.15) is 30.0 Å². The topological polar surface area (TPSA) is 113 Å². The molecule has 0 bridgehead atoms. The molecule has 0 unspecified atom stereocenters. The molecule has 0 radical (unpaired) electrons. The highest BCUT2D eigenvalue weighted by molar-refractivity contribution is 7.89. The average molecular weight is 486 g/mol. The summed E-state index contributed by atoms with van der Waals surface area (Å²) < 4.78 is 30.7. The van der Waals surface area contributed by atoms with Gasteiger partial charge in [-0.3, -0.25) is 19.5 Å². The van der Waals surface area contributed by atoms with Gasteiger partial charge in [-0.05, 0) is 12.0 Å². The molecule has 0 aromatic carbocycles. The number of hydrogen-bond donors (Lipinski definition) is 0. The van der Waals surface area contributed by atoms with Gasteiger partial charge in [-0.25, -0.2) is 17.7 Å². The summed E-state index contributed by atoms with van der Waals surface area (Å²) >= 11 is 0. The predicted octanol–water partition coefficient (Wildman–Crippen LogP) is 0.513. The van der Waals surface area contributed by atoms with Crippen molar-refractivity contribution in [2.75, 3.05) is 39.1 Å². The molecule has 1 aromatic heterocycles. The number of hydrogen-bond acceptors (Lipinski definition) is 8. The van der Waals surface area contributed by atoms with Crippen LogP contribution in [0.2, 0.25) is 0 Å². The van der Waals surface area contributed by atoms with Crippen molar-refractivity contribution < 1.29 is 22.7 Å². The quantitative estimate of drug-likeness (QED) is 0.593. The number of sulfonamides is 1. The minimum Gasteiger partial charge on any atom is -0.379 e. The third-order valence-electron chi connectivity index (χ3n) is 5.92. The first kappa shape index (κ1) is 24.6. The fourth-order valence-corrected chi connectivity index (χ4v) is 5.47. The zero-order chi connectivity index (χ0) is 22.3. The monoisotopic (exact) mass is 485 g/mol. The van der Waals surface area contributed by atoms with Gasteiger partial charge < -0.3 is 9.64 Å². The number of halogens is 1. The Morgan fingerprint density at radius 3 is 2.47 bits per heavy atom. The number of carbonyl (C=O) groups is 2. The largest absolute Gasteiger partial charge is 0.379 e. The summed E-state index contributed by atoms with van der Waals surface area (Å²) in [6.07, 6.45) is 5.69. The lowest BCUT2D eigenvalue weighted by atomic mass is 9.89. The summed E-state index contributed by atoms with van der Waals surface area (Å²) in [6, 6.07) is -0.621. The first-order valence-corrected chi connectivity index (χ1v) is 12.2. The second-order valence-electron chi connectivity index (χ2n) is 8.45. The Morgan fingerprint density at radius 2 is 1.91 bits per heavy atom. The standard InChI is InChI=1S/C20H27N5O5S.ClH/c1-13(2)17-18-16(25(20(17)27)31(3,28)29)4-5-24(18)19(26)15-11-21-14(10-22-15)12-23-6-8-30-9-7-23;/h4,10-11,13,17-18H,5-9,12H2,1-3H3;1H/t17-,18+;/m1./s1. The summed E-state index contributed by atoms with van der Waals surface area (Å²) in [4.78, 5) is 38.5. The maximum atomic E-state index is 13.2. The van der Waals surface area contributed by atoms with E-state index in [2.05, 4.69) is 14.9 Å². The van der Waals surface area contributed by atoms with Crippen molar-refractivity contribution in [3.63, 3.8) is 0 Å². The maximum absolute atomic E-state index is 13.2. The van der Waals surface area contributed by atoms with E-state index >= 15 is 0 Å². The molecule has 0 N–H and O–H groups in total. The minimum atomic E-state index is -3.77. The Kier molecular flexibility index (Phi) is 7.23. The average Bonchev–Trinajstić information content (AvgIpc) is 3.24. The highest BCUT2D eigenvalue weighted by atomic mass is 35.5. The molecule has 176 valence electrons. The van der Waals surface area contributed by atoms with E-state index in [-0.39, 0.29) is 36.5 Å². The fourth-order valence-electron chi connectivity index (χ4n) is 4.46. The van der Waals surface area contributed by atoms with Gasteiger partial charge in [0.05, 0.1) is 55.2 Å². The lowest BCUT2D eigenvalue weighted by Gasteiger charge is -2.28. The van der Waals surface area contributed by atoms with E-state index < -0.39 is 27.9 Å². The van der Waals surface area contributed by atoms with E-state index in [0.717, 1.165) is 29.3 Å². The molecule has 3 aliphatic heterocycles. The van der Waals surface area contributed by atoms with Crippen LogP contribution in [0.25, 0.3) is 0 Å². The van der Waals surface area contributed by atoms with Crippen LogP contribution in [-0.4, -0.2) is 89.5 Å². The first-order valence-electron chi connectivity index (χ1n) is 10.3. The molecule has 2 atom stereocenters. The Morgan fingerprint density at radius 1 is 1.22 bits per heavy atom. The van der Waals surface area contributed by atoms with E-state index in [9.17, 15) is 18.0 Å². The van der Waals surface area contributed by atoms with Gasteiger partial charge in [-0.2, -0.15) is 0 Å². The molecule has 2 amide bonds. The van der Waals surface area contributed by atoms with Gasteiger partial charge in [-0.1, -0.05) is 13.8 Å². The van der Waals surface area contributed by atoms with E-state index in [1.807, 2.05) is 13.8 Å². The number of morpholine rings is 1. The Labute approximate surface area is 194 Å². The second kappa shape index (κ2) is 9.42. The van der Waals surface area contributed by atoms with Crippen molar-refractivity contribution in [3.8, 4) is 0 Å². The van der Waals surface area contributed by atoms with E-state index in [1.54, 1.807) is 12.3 Å². The minimum absolute atomic E-state index is 0. The molecular weight excluding hydrogens is 458 g/mol.